The van der Waals surface area contributed by atoms with Crippen molar-refractivity contribution >= 4 is 51.2 Å². The Morgan fingerprint density at radius 1 is 1.05 bits per heavy atom. The Kier molecular flexibility index (Phi) is 10.2. The van der Waals surface area contributed by atoms with E-state index in [0.29, 0.717) is 45.6 Å². The number of rotatable bonds is 13. The molecule has 3 heterocycles. The molecular weight excluding hydrogens is 725 g/mol. The number of aromatic nitrogens is 2. The number of pyridine rings is 1. The SMILES string of the molecule is C=CC1C[C@]1(NC(=O)[C@@H]1CC(Oc2cc(-c3csc(NC(C)C)n3)nc3cc(OC)ccc23)CN1C(=O)[C@@H](NC(=O)O[C@H]1C[C@@H]2C[C@@H]2C1)C(C)(C)C)C(=O)O. The quantitative estimate of drug-likeness (QED) is 0.158. The van der Waals surface area contributed by atoms with Crippen molar-refractivity contribution in [1.82, 2.24) is 25.5 Å². The minimum atomic E-state index is -1.51. The van der Waals surface area contributed by atoms with Crippen LogP contribution in [0.2, 0.25) is 0 Å². The highest BCUT2D eigenvalue weighted by Gasteiger charge is 2.61. The predicted octanol–water partition coefficient (Wildman–Crippen LogP) is 5.62. The molecule has 0 spiro atoms. The maximum Gasteiger partial charge on any atom is 0.408 e. The highest BCUT2D eigenvalue weighted by molar-refractivity contribution is 7.14. The number of amides is 3. The molecule has 1 aliphatic heterocycles. The van der Waals surface area contributed by atoms with Crippen LogP contribution in [-0.2, 0) is 19.1 Å². The van der Waals surface area contributed by atoms with Crippen LogP contribution in [0, 0.1) is 23.2 Å². The number of carbonyl (C=O) groups is 4. The molecule has 294 valence electrons. The summed E-state index contributed by atoms with van der Waals surface area (Å²) < 4.78 is 17.9. The zero-order chi connectivity index (χ0) is 39.4. The number of thiazole rings is 1. The Labute approximate surface area is 324 Å². The van der Waals surface area contributed by atoms with Gasteiger partial charge in [0.1, 0.15) is 47.0 Å². The number of hydrogen-bond donors (Lipinski definition) is 4. The second-order valence-electron chi connectivity index (χ2n) is 16.7. The number of benzene rings is 1. The zero-order valence-electron chi connectivity index (χ0n) is 32.1. The van der Waals surface area contributed by atoms with E-state index in [-0.39, 0.29) is 31.5 Å². The first-order valence-electron chi connectivity index (χ1n) is 18.9. The average Bonchev–Trinajstić information content (AvgIpc) is 3.79. The molecule has 2 aromatic heterocycles. The third kappa shape index (κ3) is 7.94. The number of alkyl carbamates (subject to hydrolysis) is 1. The minimum absolute atomic E-state index is 0.00830. The average molecular weight is 775 g/mol. The summed E-state index contributed by atoms with van der Waals surface area (Å²) in [5, 5.41) is 22.3. The Bertz CT molecular complexity index is 2000. The van der Waals surface area contributed by atoms with Crippen molar-refractivity contribution in [2.24, 2.45) is 23.2 Å². The first-order valence-corrected chi connectivity index (χ1v) is 19.8. The van der Waals surface area contributed by atoms with Gasteiger partial charge in [0.05, 0.1) is 24.9 Å². The van der Waals surface area contributed by atoms with E-state index in [1.807, 2.05) is 46.1 Å². The number of methoxy groups -OCH3 is 1. The van der Waals surface area contributed by atoms with Crippen molar-refractivity contribution in [3.05, 3.63) is 42.3 Å². The van der Waals surface area contributed by atoms with E-state index < -0.39 is 58.9 Å². The van der Waals surface area contributed by atoms with Crippen LogP contribution in [0.4, 0.5) is 9.93 Å². The van der Waals surface area contributed by atoms with E-state index >= 15 is 0 Å². The summed E-state index contributed by atoms with van der Waals surface area (Å²) in [5.41, 5.74) is -0.476. The number of carbonyl (C=O) groups excluding carboxylic acids is 3. The molecule has 14 nitrogen and oxygen atoms in total. The lowest BCUT2D eigenvalue weighted by molar-refractivity contribution is -0.146. The molecule has 1 saturated heterocycles. The molecule has 55 heavy (non-hydrogen) atoms. The van der Waals surface area contributed by atoms with Gasteiger partial charge in [-0.2, -0.15) is 0 Å². The molecule has 15 heteroatoms. The lowest BCUT2D eigenvalue weighted by Gasteiger charge is -2.35. The van der Waals surface area contributed by atoms with Crippen molar-refractivity contribution in [3.63, 3.8) is 0 Å². The van der Waals surface area contributed by atoms with E-state index in [4.69, 9.17) is 24.2 Å². The highest BCUT2D eigenvalue weighted by Crippen LogP contribution is 2.52. The molecule has 0 bridgehead atoms. The monoisotopic (exact) mass is 774 g/mol. The van der Waals surface area contributed by atoms with Gasteiger partial charge in [0.25, 0.3) is 0 Å². The summed E-state index contributed by atoms with van der Waals surface area (Å²) in [4.78, 5) is 65.4. The summed E-state index contributed by atoms with van der Waals surface area (Å²) >= 11 is 1.46. The van der Waals surface area contributed by atoms with Gasteiger partial charge in [0, 0.05) is 41.3 Å². The van der Waals surface area contributed by atoms with Crippen molar-refractivity contribution in [3.8, 4) is 22.9 Å². The van der Waals surface area contributed by atoms with E-state index in [1.165, 1.54) is 28.7 Å². The van der Waals surface area contributed by atoms with E-state index in [2.05, 4.69) is 22.5 Å². The highest BCUT2D eigenvalue weighted by atomic mass is 32.1. The molecule has 3 amide bonds. The molecule has 4 fully saturated rings. The number of fused-ring (bicyclic) bond motifs is 2. The molecule has 1 aromatic carbocycles. The Balaban J connectivity index is 1.19. The van der Waals surface area contributed by atoms with E-state index in [9.17, 15) is 24.3 Å². The van der Waals surface area contributed by atoms with Crippen LogP contribution < -0.4 is 25.4 Å². The first-order chi connectivity index (χ1) is 26.1. The van der Waals surface area contributed by atoms with Gasteiger partial charge in [-0.25, -0.2) is 19.6 Å². The summed E-state index contributed by atoms with van der Waals surface area (Å²) in [6, 6.07) is 5.27. The second kappa shape index (κ2) is 14.6. The van der Waals surface area contributed by atoms with Crippen LogP contribution in [-0.4, -0.2) is 93.4 Å². The molecule has 2 unspecified atom stereocenters. The van der Waals surface area contributed by atoms with Gasteiger partial charge in [0.2, 0.25) is 11.8 Å². The van der Waals surface area contributed by atoms with Crippen LogP contribution in [0.5, 0.6) is 11.5 Å². The van der Waals surface area contributed by atoms with Crippen LogP contribution in [0.25, 0.3) is 22.3 Å². The van der Waals surface area contributed by atoms with Gasteiger partial charge in [-0.15, -0.1) is 17.9 Å². The van der Waals surface area contributed by atoms with Crippen LogP contribution >= 0.6 is 11.3 Å². The fraction of sp³-hybridized carbons (Fsp3) is 0.550. The van der Waals surface area contributed by atoms with E-state index in [0.717, 1.165) is 18.0 Å². The fourth-order valence-corrected chi connectivity index (χ4v) is 8.83. The van der Waals surface area contributed by atoms with Crippen LogP contribution in [0.3, 0.4) is 0 Å². The maximum absolute atomic E-state index is 14.6. The molecule has 3 aliphatic carbocycles. The first kappa shape index (κ1) is 38.4. The largest absolute Gasteiger partial charge is 0.497 e. The number of anilines is 1. The summed E-state index contributed by atoms with van der Waals surface area (Å²) in [5.74, 6) is -0.456. The topological polar surface area (TPSA) is 181 Å². The van der Waals surface area contributed by atoms with Crippen LogP contribution in [0.1, 0.15) is 66.7 Å². The molecule has 3 aromatic rings. The lowest BCUT2D eigenvalue weighted by atomic mass is 9.85. The van der Waals surface area contributed by atoms with Crippen molar-refractivity contribution in [1.29, 1.82) is 0 Å². The van der Waals surface area contributed by atoms with Gasteiger partial charge in [-0.05, 0) is 68.9 Å². The number of carboxylic acids is 1. The maximum atomic E-state index is 14.6. The van der Waals surface area contributed by atoms with Crippen molar-refractivity contribution in [2.75, 3.05) is 19.0 Å². The standard InChI is InChI=1S/C40H50N6O8S/c1-8-23-17-40(23,36(49)50)45-34(47)31-15-26(18-46(31)35(48)33(39(4,5)6)44-38(51)54-25-12-21-11-22(21)13-25)53-32-16-29(30-19-55-37(43-30)41-20(2)3)42-28-14-24(52-7)9-10-27(28)32/h8-10,14,16,19-23,25-26,31,33H,1,11-13,15,17-18H2,2-7H3,(H,41,43)(H,44,51)(H,45,47)(H,49,50)/t21-,22+,23?,25-,26?,31-,33+,40+/m0/s1. The molecule has 4 aliphatic rings. The molecule has 3 saturated carbocycles. The summed E-state index contributed by atoms with van der Waals surface area (Å²) in [6.07, 6.45) is 3.05. The number of ether oxygens (including phenoxy) is 3. The normalized spacial score (nSPS) is 27.2. The fourth-order valence-electron chi connectivity index (χ4n) is 7.98. The molecule has 0 radical (unpaired) electrons. The number of likely N-dealkylation sites (tertiary alicyclic amines) is 1. The Morgan fingerprint density at radius 3 is 2.44 bits per heavy atom. The van der Waals surface area contributed by atoms with Crippen LogP contribution in [0.15, 0.2) is 42.3 Å². The predicted molar refractivity (Wildman–Crippen MR) is 207 cm³/mol. The minimum Gasteiger partial charge on any atom is -0.497 e. The zero-order valence-corrected chi connectivity index (χ0v) is 32.9. The molecule has 7 rings (SSSR count). The smallest absolute Gasteiger partial charge is 0.408 e. The summed E-state index contributed by atoms with van der Waals surface area (Å²) in [6.45, 7) is 13.3. The van der Waals surface area contributed by atoms with E-state index in [1.54, 1.807) is 25.3 Å². The van der Waals surface area contributed by atoms with Crippen molar-refractivity contribution in [2.45, 2.75) is 103 Å². The van der Waals surface area contributed by atoms with Gasteiger partial charge in [0.15, 0.2) is 5.13 Å². The summed E-state index contributed by atoms with van der Waals surface area (Å²) in [7, 11) is 1.58. The molecule has 8 atom stereocenters. The molecular formula is C40H50N6O8S. The van der Waals surface area contributed by atoms with Gasteiger partial charge in [-0.1, -0.05) is 26.8 Å². The number of hydrogen-bond acceptors (Lipinski definition) is 11. The van der Waals surface area contributed by atoms with Crippen molar-refractivity contribution < 1.29 is 38.5 Å². The Hall–Kier alpha value is -4.92. The number of nitrogens with one attached hydrogen (secondary N) is 3. The second-order valence-corrected chi connectivity index (χ2v) is 17.6. The number of aliphatic carboxylic acids is 1. The number of nitrogens with zero attached hydrogens (tertiary/aromatic N) is 3. The third-order valence-electron chi connectivity index (χ3n) is 11.2. The molecule has 4 N–H and O–H groups in total. The lowest BCUT2D eigenvalue weighted by Crippen LogP contribution is -2.59. The number of carboxylic acid groups (broad SMARTS) is 1. The Morgan fingerprint density at radius 2 is 1.80 bits per heavy atom. The van der Waals surface area contributed by atoms with Gasteiger partial charge >= 0.3 is 12.1 Å². The third-order valence-corrected chi connectivity index (χ3v) is 11.9. The van der Waals surface area contributed by atoms with Gasteiger partial charge < -0.3 is 40.2 Å². The van der Waals surface area contributed by atoms with Gasteiger partial charge in [-0.3, -0.25) is 9.59 Å².